The van der Waals surface area contributed by atoms with E-state index in [-0.39, 0.29) is 42.0 Å². The molecule has 2 aromatic carbocycles. The third kappa shape index (κ3) is 7.21. The predicted octanol–water partition coefficient (Wildman–Crippen LogP) is 3.92. The number of aliphatic imine (C=N–C) groups is 1. The molecule has 2 unspecified atom stereocenters. The first-order chi connectivity index (χ1) is 14.0. The Morgan fingerprint density at radius 2 is 1.50 bits per heavy atom. The number of halogens is 2. The lowest BCUT2D eigenvalue weighted by Gasteiger charge is -2.35. The molecule has 1 aliphatic heterocycles. The van der Waals surface area contributed by atoms with Gasteiger partial charge >= 0.3 is 0 Å². The SMILES string of the molecule is CN=C(NCc1ccccc1F)NCc1ccccc1CN1CC(C)OC(C)C1.I. The summed E-state index contributed by atoms with van der Waals surface area (Å²) in [4.78, 5) is 6.71. The summed E-state index contributed by atoms with van der Waals surface area (Å²) in [5, 5.41) is 6.53. The number of nitrogens with zero attached hydrogens (tertiary/aromatic N) is 2. The number of hydrogen-bond acceptors (Lipinski definition) is 3. The summed E-state index contributed by atoms with van der Waals surface area (Å²) in [6.45, 7) is 8.08. The van der Waals surface area contributed by atoms with Gasteiger partial charge in [-0.15, -0.1) is 24.0 Å². The summed E-state index contributed by atoms with van der Waals surface area (Å²) in [6.07, 6.45) is 0.510. The third-order valence-electron chi connectivity index (χ3n) is 5.08. The highest BCUT2D eigenvalue weighted by atomic mass is 127. The Kier molecular flexibility index (Phi) is 10.0. The minimum absolute atomic E-state index is 0. The van der Waals surface area contributed by atoms with Crippen LogP contribution in [-0.4, -0.2) is 43.2 Å². The molecule has 164 valence electrons. The Morgan fingerprint density at radius 1 is 0.967 bits per heavy atom. The maximum absolute atomic E-state index is 13.8. The fourth-order valence-electron chi connectivity index (χ4n) is 3.76. The highest BCUT2D eigenvalue weighted by molar-refractivity contribution is 14.0. The first-order valence-electron chi connectivity index (χ1n) is 10.2. The smallest absolute Gasteiger partial charge is 0.191 e. The molecular formula is C23H32FIN4O. The van der Waals surface area contributed by atoms with E-state index in [1.54, 1.807) is 19.2 Å². The van der Waals surface area contributed by atoms with Gasteiger partial charge in [-0.05, 0) is 31.0 Å². The topological polar surface area (TPSA) is 48.9 Å². The van der Waals surface area contributed by atoms with E-state index in [1.165, 1.54) is 17.2 Å². The van der Waals surface area contributed by atoms with Crippen molar-refractivity contribution in [2.24, 2.45) is 4.99 Å². The number of rotatable bonds is 6. The molecule has 3 rings (SSSR count). The van der Waals surface area contributed by atoms with Crippen LogP contribution in [0.4, 0.5) is 4.39 Å². The van der Waals surface area contributed by atoms with Gasteiger partial charge in [-0.1, -0.05) is 42.5 Å². The van der Waals surface area contributed by atoms with Gasteiger partial charge in [0.25, 0.3) is 0 Å². The molecule has 1 fully saturated rings. The van der Waals surface area contributed by atoms with Crippen LogP contribution < -0.4 is 10.6 Å². The van der Waals surface area contributed by atoms with E-state index in [0.717, 1.165) is 19.6 Å². The lowest BCUT2D eigenvalue weighted by molar-refractivity contribution is -0.0705. The van der Waals surface area contributed by atoms with E-state index in [4.69, 9.17) is 4.74 Å². The zero-order valence-corrected chi connectivity index (χ0v) is 20.2. The number of guanidine groups is 1. The Labute approximate surface area is 196 Å². The molecule has 0 aromatic heterocycles. The van der Waals surface area contributed by atoms with Gasteiger partial charge in [0.1, 0.15) is 5.82 Å². The molecule has 1 saturated heterocycles. The van der Waals surface area contributed by atoms with Crippen molar-refractivity contribution in [1.82, 2.24) is 15.5 Å². The van der Waals surface area contributed by atoms with Crippen LogP contribution in [0.3, 0.4) is 0 Å². The number of ether oxygens (including phenoxy) is 1. The quantitative estimate of drug-likeness (QED) is 0.341. The highest BCUT2D eigenvalue weighted by Gasteiger charge is 2.22. The average molecular weight is 526 g/mol. The number of benzene rings is 2. The van der Waals surface area contributed by atoms with Crippen LogP contribution in [-0.2, 0) is 24.4 Å². The zero-order chi connectivity index (χ0) is 20.6. The van der Waals surface area contributed by atoms with Gasteiger partial charge in [-0.3, -0.25) is 9.89 Å². The molecule has 0 aliphatic carbocycles. The lowest BCUT2D eigenvalue weighted by Crippen LogP contribution is -2.45. The molecule has 0 amide bonds. The van der Waals surface area contributed by atoms with Crippen molar-refractivity contribution in [2.45, 2.75) is 45.7 Å². The molecule has 0 radical (unpaired) electrons. The van der Waals surface area contributed by atoms with Gasteiger partial charge in [-0.2, -0.15) is 0 Å². The van der Waals surface area contributed by atoms with Gasteiger partial charge in [0.2, 0.25) is 0 Å². The second-order valence-corrected chi connectivity index (χ2v) is 7.59. The van der Waals surface area contributed by atoms with E-state index in [2.05, 4.69) is 58.6 Å². The molecule has 1 aliphatic rings. The number of nitrogens with one attached hydrogen (secondary N) is 2. The van der Waals surface area contributed by atoms with Gasteiger partial charge < -0.3 is 15.4 Å². The van der Waals surface area contributed by atoms with Crippen LogP contribution in [0.1, 0.15) is 30.5 Å². The summed E-state index contributed by atoms with van der Waals surface area (Å²) >= 11 is 0. The van der Waals surface area contributed by atoms with Crippen molar-refractivity contribution >= 4 is 29.9 Å². The van der Waals surface area contributed by atoms with Crippen molar-refractivity contribution in [3.8, 4) is 0 Å². The Bertz CT molecular complexity index is 822. The van der Waals surface area contributed by atoms with Crippen molar-refractivity contribution in [1.29, 1.82) is 0 Å². The summed E-state index contributed by atoms with van der Waals surface area (Å²) in [6, 6.07) is 15.2. The van der Waals surface area contributed by atoms with E-state index in [1.807, 2.05) is 6.07 Å². The predicted molar refractivity (Wildman–Crippen MR) is 131 cm³/mol. The van der Waals surface area contributed by atoms with Crippen LogP contribution in [0.25, 0.3) is 0 Å². The van der Waals surface area contributed by atoms with E-state index < -0.39 is 0 Å². The fraction of sp³-hybridized carbons (Fsp3) is 0.435. The second kappa shape index (κ2) is 12.2. The van der Waals surface area contributed by atoms with Crippen LogP contribution in [0.15, 0.2) is 53.5 Å². The molecule has 2 aromatic rings. The van der Waals surface area contributed by atoms with Crippen molar-refractivity contribution < 1.29 is 9.13 Å². The lowest BCUT2D eigenvalue weighted by atomic mass is 10.1. The van der Waals surface area contributed by atoms with E-state index in [0.29, 0.717) is 24.6 Å². The van der Waals surface area contributed by atoms with Crippen molar-refractivity contribution in [3.63, 3.8) is 0 Å². The summed E-state index contributed by atoms with van der Waals surface area (Å²) < 4.78 is 19.7. The monoisotopic (exact) mass is 526 g/mol. The molecule has 5 nitrogen and oxygen atoms in total. The van der Waals surface area contributed by atoms with Gasteiger partial charge in [0.05, 0.1) is 12.2 Å². The van der Waals surface area contributed by atoms with Crippen LogP contribution in [0, 0.1) is 5.82 Å². The Hall–Kier alpha value is -1.71. The summed E-state index contributed by atoms with van der Waals surface area (Å²) in [5.41, 5.74) is 3.14. The molecule has 7 heteroatoms. The number of morpholine rings is 1. The molecule has 0 bridgehead atoms. The van der Waals surface area contributed by atoms with Crippen LogP contribution >= 0.6 is 24.0 Å². The van der Waals surface area contributed by atoms with Crippen LogP contribution in [0.2, 0.25) is 0 Å². The standard InChI is InChI=1S/C23H31FN4O.HI/c1-17-14-28(15-18(2)29-17)16-21-10-5-4-8-19(21)12-26-23(25-3)27-13-20-9-6-7-11-22(20)24;/h4-11,17-18H,12-16H2,1-3H3,(H2,25,26,27);1H. The van der Waals surface area contributed by atoms with Gasteiger partial charge in [0, 0.05) is 45.3 Å². The molecule has 0 saturated carbocycles. The minimum atomic E-state index is -0.213. The molecule has 30 heavy (non-hydrogen) atoms. The fourth-order valence-corrected chi connectivity index (χ4v) is 3.76. The van der Waals surface area contributed by atoms with Gasteiger partial charge in [-0.25, -0.2) is 4.39 Å². The second-order valence-electron chi connectivity index (χ2n) is 7.59. The first-order valence-corrected chi connectivity index (χ1v) is 10.2. The maximum atomic E-state index is 13.8. The third-order valence-corrected chi connectivity index (χ3v) is 5.08. The zero-order valence-electron chi connectivity index (χ0n) is 17.9. The average Bonchev–Trinajstić information content (AvgIpc) is 2.69. The van der Waals surface area contributed by atoms with E-state index in [9.17, 15) is 4.39 Å². The Balaban J connectivity index is 0.00000320. The molecular weight excluding hydrogens is 494 g/mol. The summed E-state index contributed by atoms with van der Waals surface area (Å²) in [7, 11) is 1.72. The molecule has 2 atom stereocenters. The van der Waals surface area contributed by atoms with Crippen molar-refractivity contribution in [3.05, 3.63) is 71.0 Å². The summed E-state index contributed by atoms with van der Waals surface area (Å²) in [5.74, 6) is 0.437. The molecule has 0 spiro atoms. The van der Waals surface area contributed by atoms with Gasteiger partial charge in [0.15, 0.2) is 5.96 Å². The van der Waals surface area contributed by atoms with E-state index >= 15 is 0 Å². The Morgan fingerprint density at radius 3 is 2.10 bits per heavy atom. The normalized spacial score (nSPS) is 19.8. The largest absolute Gasteiger partial charge is 0.373 e. The molecule has 2 N–H and O–H groups in total. The van der Waals surface area contributed by atoms with Crippen molar-refractivity contribution in [2.75, 3.05) is 20.1 Å². The number of hydrogen-bond donors (Lipinski definition) is 2. The molecule has 1 heterocycles. The maximum Gasteiger partial charge on any atom is 0.191 e. The minimum Gasteiger partial charge on any atom is -0.373 e. The highest BCUT2D eigenvalue weighted by Crippen LogP contribution is 2.17. The van der Waals surface area contributed by atoms with Crippen LogP contribution in [0.5, 0.6) is 0 Å². The first kappa shape index (κ1) is 24.6.